The van der Waals surface area contributed by atoms with Gasteiger partial charge in [-0.1, -0.05) is 6.07 Å². The van der Waals surface area contributed by atoms with Crippen LogP contribution in [0.2, 0.25) is 0 Å². The van der Waals surface area contributed by atoms with Crippen LogP contribution in [-0.2, 0) is 28.6 Å². The number of piperazine rings is 1. The number of likely N-dealkylation sites (tertiary alicyclic amines) is 1. The van der Waals surface area contributed by atoms with Crippen LogP contribution in [0.25, 0.3) is 0 Å². The second-order valence-electron chi connectivity index (χ2n) is 9.86. The molecule has 1 aromatic carbocycles. The van der Waals surface area contributed by atoms with Gasteiger partial charge in [-0.15, -0.1) is 11.3 Å². The maximum Gasteiger partial charge on any atom is 0.416 e. The number of hydrogen-bond acceptors (Lipinski definition) is 5. The summed E-state index contributed by atoms with van der Waals surface area (Å²) in [6, 6.07) is 7.65. The van der Waals surface area contributed by atoms with Crippen molar-refractivity contribution in [3.63, 3.8) is 0 Å². The number of carbonyl (C=O) groups excluding carboxylic acids is 2. The van der Waals surface area contributed by atoms with Crippen LogP contribution < -0.4 is 10.2 Å². The number of nitrogens with zero attached hydrogens (tertiary/aromatic N) is 3. The van der Waals surface area contributed by atoms with Crippen LogP contribution in [0.3, 0.4) is 0 Å². The Morgan fingerprint density at radius 1 is 1.08 bits per heavy atom. The highest BCUT2D eigenvalue weighted by Crippen LogP contribution is 2.39. The molecule has 2 saturated heterocycles. The predicted molar refractivity (Wildman–Crippen MR) is 133 cm³/mol. The fourth-order valence-electron chi connectivity index (χ4n) is 5.66. The molecule has 0 aliphatic carbocycles. The van der Waals surface area contributed by atoms with Crippen molar-refractivity contribution in [1.29, 1.82) is 0 Å². The van der Waals surface area contributed by atoms with E-state index in [4.69, 9.17) is 0 Å². The lowest BCUT2D eigenvalue weighted by atomic mass is 9.82. The first-order chi connectivity index (χ1) is 17.3. The van der Waals surface area contributed by atoms with E-state index in [0.717, 1.165) is 44.1 Å². The molecule has 1 N–H and O–H groups in total. The first-order valence-corrected chi connectivity index (χ1v) is 13.4. The molecule has 0 spiro atoms. The van der Waals surface area contributed by atoms with E-state index in [2.05, 4.69) is 15.1 Å². The average molecular weight is 521 g/mol. The Labute approximate surface area is 213 Å². The summed E-state index contributed by atoms with van der Waals surface area (Å²) in [6.07, 6.45) is -1.40. The first-order valence-electron chi connectivity index (χ1n) is 12.6. The van der Waals surface area contributed by atoms with Gasteiger partial charge in [0, 0.05) is 49.8 Å². The summed E-state index contributed by atoms with van der Waals surface area (Å²) in [5, 5.41) is 5.02. The summed E-state index contributed by atoms with van der Waals surface area (Å²) in [4.78, 5) is 33.4. The third kappa shape index (κ3) is 5.39. The van der Waals surface area contributed by atoms with E-state index in [1.165, 1.54) is 10.9 Å². The molecule has 5 rings (SSSR count). The largest absolute Gasteiger partial charge is 0.416 e. The van der Waals surface area contributed by atoms with Crippen molar-refractivity contribution >= 4 is 28.8 Å². The molecule has 3 aliphatic heterocycles. The summed E-state index contributed by atoms with van der Waals surface area (Å²) in [5.41, 5.74) is 0.633. The monoisotopic (exact) mass is 520 g/mol. The maximum atomic E-state index is 13.4. The Balaban J connectivity index is 1.34. The molecule has 2 fully saturated rings. The molecule has 194 valence electrons. The number of nitrogens with one attached hydrogen (secondary N) is 1. The molecule has 3 aliphatic rings. The van der Waals surface area contributed by atoms with Gasteiger partial charge in [-0.3, -0.25) is 14.5 Å². The van der Waals surface area contributed by atoms with Gasteiger partial charge in [0.1, 0.15) is 0 Å². The summed E-state index contributed by atoms with van der Waals surface area (Å²) in [6.45, 7) is 4.12. The number of anilines is 1. The second-order valence-corrected chi connectivity index (χ2v) is 10.9. The molecule has 2 amide bonds. The van der Waals surface area contributed by atoms with Crippen molar-refractivity contribution in [3.05, 3.63) is 51.7 Å². The molecular weight excluding hydrogens is 489 g/mol. The molecule has 0 bridgehead atoms. The molecule has 0 saturated carbocycles. The number of halogens is 3. The molecule has 2 aromatic rings. The zero-order chi connectivity index (χ0) is 25.3. The Hall–Kier alpha value is -2.59. The van der Waals surface area contributed by atoms with Gasteiger partial charge in [-0.05, 0) is 60.9 Å². The van der Waals surface area contributed by atoms with Crippen LogP contribution in [0.5, 0.6) is 0 Å². The Bertz CT molecular complexity index is 1090. The predicted octanol–water partition coefficient (Wildman–Crippen LogP) is 3.41. The van der Waals surface area contributed by atoms with Crippen molar-refractivity contribution < 1.29 is 22.8 Å². The minimum Gasteiger partial charge on any atom is -0.365 e. The number of hydrogen-bond donors (Lipinski definition) is 1. The van der Waals surface area contributed by atoms with E-state index < -0.39 is 17.7 Å². The van der Waals surface area contributed by atoms with Crippen LogP contribution in [0, 0.1) is 5.92 Å². The van der Waals surface area contributed by atoms with E-state index in [1.807, 2.05) is 22.4 Å². The van der Waals surface area contributed by atoms with E-state index in [-0.39, 0.29) is 24.3 Å². The minimum atomic E-state index is -4.43. The molecular formula is C26H31F3N4O2S. The van der Waals surface area contributed by atoms with Crippen LogP contribution >= 0.6 is 11.3 Å². The number of thiophene rings is 1. The lowest BCUT2D eigenvalue weighted by Gasteiger charge is -2.49. The van der Waals surface area contributed by atoms with E-state index in [1.54, 1.807) is 17.4 Å². The number of rotatable bonds is 6. The van der Waals surface area contributed by atoms with Gasteiger partial charge in [0.2, 0.25) is 11.8 Å². The highest BCUT2D eigenvalue weighted by atomic mass is 32.1. The van der Waals surface area contributed by atoms with Crippen LogP contribution in [0.4, 0.5) is 18.9 Å². The Kier molecular flexibility index (Phi) is 7.25. The standard InChI is InChI=1S/C26H31F3N4O2S/c27-26(28,29)19-5-6-22-18(14-19)15-21(25(35)30-8-7-20-4-3-13-36-20)23-16-31(11-12-33(22)23)17-24(34)32-9-1-2-10-32/h3-6,13-14,21,23H,1-2,7-12,15-17H2,(H,30,35). The van der Waals surface area contributed by atoms with Gasteiger partial charge in [0.05, 0.1) is 24.1 Å². The minimum absolute atomic E-state index is 0.115. The topological polar surface area (TPSA) is 55.9 Å². The molecule has 36 heavy (non-hydrogen) atoms. The number of carbonyl (C=O) groups is 2. The number of amides is 2. The molecule has 10 heteroatoms. The van der Waals surface area contributed by atoms with Crippen LogP contribution in [0.15, 0.2) is 35.7 Å². The number of benzene rings is 1. The first kappa shape index (κ1) is 25.1. The molecule has 2 atom stereocenters. The lowest BCUT2D eigenvalue weighted by molar-refractivity contribution is -0.137. The van der Waals surface area contributed by atoms with Gasteiger partial charge in [0.15, 0.2) is 0 Å². The molecule has 2 unspecified atom stereocenters. The van der Waals surface area contributed by atoms with E-state index >= 15 is 0 Å². The second kappa shape index (κ2) is 10.4. The van der Waals surface area contributed by atoms with Gasteiger partial charge >= 0.3 is 6.18 Å². The van der Waals surface area contributed by atoms with E-state index in [9.17, 15) is 22.8 Å². The van der Waals surface area contributed by atoms with Crippen molar-refractivity contribution in [2.24, 2.45) is 5.92 Å². The highest BCUT2D eigenvalue weighted by Gasteiger charge is 2.43. The zero-order valence-corrected chi connectivity index (χ0v) is 20.9. The molecule has 1 aromatic heterocycles. The fraction of sp³-hybridized carbons (Fsp3) is 0.538. The fourth-order valence-corrected chi connectivity index (χ4v) is 6.36. The molecule has 0 radical (unpaired) electrons. The number of fused-ring (bicyclic) bond motifs is 3. The zero-order valence-electron chi connectivity index (χ0n) is 20.1. The highest BCUT2D eigenvalue weighted by molar-refractivity contribution is 7.09. The summed E-state index contributed by atoms with van der Waals surface area (Å²) in [7, 11) is 0. The van der Waals surface area contributed by atoms with Crippen LogP contribution in [0.1, 0.15) is 28.8 Å². The van der Waals surface area contributed by atoms with Crippen molar-refractivity contribution in [2.45, 2.75) is 37.9 Å². The normalized spacial score (nSPS) is 22.3. The lowest BCUT2D eigenvalue weighted by Crippen LogP contribution is -2.62. The maximum absolute atomic E-state index is 13.4. The Morgan fingerprint density at radius 2 is 1.89 bits per heavy atom. The SMILES string of the molecule is O=C(NCCc1cccs1)C1Cc2cc(C(F)(F)F)ccc2N2CCN(CC(=O)N3CCCC3)CC12. The van der Waals surface area contributed by atoms with Gasteiger partial charge < -0.3 is 15.1 Å². The number of alkyl halides is 3. The smallest absolute Gasteiger partial charge is 0.365 e. The van der Waals surface area contributed by atoms with Gasteiger partial charge in [-0.25, -0.2) is 0 Å². The van der Waals surface area contributed by atoms with Gasteiger partial charge in [-0.2, -0.15) is 13.2 Å². The summed E-state index contributed by atoms with van der Waals surface area (Å²) < 4.78 is 40.2. The average Bonchev–Trinajstić information content (AvgIpc) is 3.57. The quantitative estimate of drug-likeness (QED) is 0.635. The van der Waals surface area contributed by atoms with Crippen molar-refractivity contribution in [2.75, 3.05) is 50.7 Å². The van der Waals surface area contributed by atoms with Gasteiger partial charge in [0.25, 0.3) is 0 Å². The summed E-state index contributed by atoms with van der Waals surface area (Å²) >= 11 is 1.63. The van der Waals surface area contributed by atoms with E-state index in [0.29, 0.717) is 38.3 Å². The summed E-state index contributed by atoms with van der Waals surface area (Å²) in [5.74, 6) is -0.518. The van der Waals surface area contributed by atoms with Crippen molar-refractivity contribution in [1.82, 2.24) is 15.1 Å². The molecule has 4 heterocycles. The van der Waals surface area contributed by atoms with Crippen molar-refractivity contribution in [3.8, 4) is 0 Å². The van der Waals surface area contributed by atoms with Crippen LogP contribution in [-0.4, -0.2) is 73.5 Å². The Morgan fingerprint density at radius 3 is 2.61 bits per heavy atom. The third-order valence-corrected chi connectivity index (χ3v) is 8.46. The third-order valence-electron chi connectivity index (χ3n) is 7.53. The molecule has 6 nitrogen and oxygen atoms in total.